The Hall–Kier alpha value is -3.01. The molecule has 0 bridgehead atoms. The number of non-ortho nitro benzene ring substituents is 1. The summed E-state index contributed by atoms with van der Waals surface area (Å²) in [5.74, 6) is -1.27. The molecule has 0 atom stereocenters. The summed E-state index contributed by atoms with van der Waals surface area (Å²) >= 11 is 13.9. The van der Waals surface area contributed by atoms with Crippen molar-refractivity contribution >= 4 is 57.1 Å². The number of halogens is 2. The van der Waals surface area contributed by atoms with E-state index in [2.05, 4.69) is 5.10 Å². The van der Waals surface area contributed by atoms with E-state index in [0.29, 0.717) is 20.7 Å². The Morgan fingerprint density at radius 2 is 2.03 bits per heavy atom. The van der Waals surface area contributed by atoms with Crippen LogP contribution in [0.15, 0.2) is 30.3 Å². The average molecular weight is 461 g/mol. The van der Waals surface area contributed by atoms with E-state index < -0.39 is 10.9 Å². The first-order chi connectivity index (χ1) is 14.3. The van der Waals surface area contributed by atoms with Crippen LogP contribution in [0.1, 0.15) is 20.9 Å². The van der Waals surface area contributed by atoms with Crippen LogP contribution in [0.5, 0.6) is 0 Å². The maximum atomic E-state index is 11.7. The number of hydrogen-bond acceptors (Lipinski definition) is 6. The van der Waals surface area contributed by atoms with E-state index in [4.69, 9.17) is 28.2 Å². The topological polar surface area (TPSA) is 111 Å². The standard InChI is InChI=1S/C19H10Cl2N4O4S/c20-12-4-2-10-9(15(12)21)3-6-14-16(10)22-19(30-14)24-13-5-1-8(25(28)29)7-11(13)17(23-24)18(26)27/h1-2,4-5,7H,3,6H2,(H,26,27). The van der Waals surface area contributed by atoms with Crippen LogP contribution in [0.4, 0.5) is 5.69 Å². The van der Waals surface area contributed by atoms with Crippen LogP contribution >= 0.6 is 34.5 Å². The van der Waals surface area contributed by atoms with Gasteiger partial charge in [0, 0.05) is 28.0 Å². The Morgan fingerprint density at radius 1 is 1.23 bits per heavy atom. The molecule has 0 aliphatic heterocycles. The van der Waals surface area contributed by atoms with Gasteiger partial charge in [-0.15, -0.1) is 0 Å². The van der Waals surface area contributed by atoms with Crippen molar-refractivity contribution in [3.8, 4) is 16.4 Å². The zero-order valence-corrected chi connectivity index (χ0v) is 17.3. The van der Waals surface area contributed by atoms with Crippen LogP contribution in [0.3, 0.4) is 0 Å². The molecular weight excluding hydrogens is 451 g/mol. The van der Waals surface area contributed by atoms with E-state index in [9.17, 15) is 20.0 Å². The van der Waals surface area contributed by atoms with Gasteiger partial charge in [-0.25, -0.2) is 14.5 Å². The molecule has 4 aromatic rings. The molecule has 2 aromatic carbocycles. The predicted molar refractivity (Wildman–Crippen MR) is 113 cm³/mol. The fraction of sp³-hybridized carbons (Fsp3) is 0.105. The monoisotopic (exact) mass is 460 g/mol. The molecule has 0 fully saturated rings. The lowest BCUT2D eigenvalue weighted by Gasteiger charge is -2.16. The molecule has 0 radical (unpaired) electrons. The molecule has 0 unspecified atom stereocenters. The third-order valence-electron chi connectivity index (χ3n) is 5.00. The number of carboxylic acid groups (broad SMARTS) is 1. The van der Waals surface area contributed by atoms with Gasteiger partial charge >= 0.3 is 5.97 Å². The highest BCUT2D eigenvalue weighted by Crippen LogP contribution is 2.42. The fourth-order valence-electron chi connectivity index (χ4n) is 3.63. The maximum Gasteiger partial charge on any atom is 0.357 e. The highest BCUT2D eigenvalue weighted by Gasteiger charge is 2.26. The van der Waals surface area contributed by atoms with Gasteiger partial charge in [-0.1, -0.05) is 40.6 Å². The number of carboxylic acids is 1. The number of nitro groups is 1. The third kappa shape index (κ3) is 2.78. The number of nitrogens with zero attached hydrogens (tertiary/aromatic N) is 4. The summed E-state index contributed by atoms with van der Waals surface area (Å²) in [6, 6.07) is 7.61. The Kier molecular flexibility index (Phi) is 4.28. The summed E-state index contributed by atoms with van der Waals surface area (Å²) in [5.41, 5.74) is 2.54. The number of benzene rings is 2. The number of thiazole rings is 1. The molecule has 0 spiro atoms. The summed E-state index contributed by atoms with van der Waals surface area (Å²) in [5, 5.41) is 26.5. The molecule has 30 heavy (non-hydrogen) atoms. The molecule has 0 amide bonds. The van der Waals surface area contributed by atoms with Crippen LogP contribution in [-0.4, -0.2) is 30.8 Å². The number of nitro benzene ring substituents is 1. The van der Waals surface area contributed by atoms with Crippen LogP contribution in [0.2, 0.25) is 10.0 Å². The van der Waals surface area contributed by atoms with Crippen molar-refractivity contribution in [1.82, 2.24) is 14.8 Å². The number of aryl methyl sites for hydroxylation is 1. The zero-order valence-electron chi connectivity index (χ0n) is 14.9. The highest BCUT2D eigenvalue weighted by molar-refractivity contribution is 7.14. The number of hydrogen-bond donors (Lipinski definition) is 1. The highest BCUT2D eigenvalue weighted by atomic mass is 35.5. The molecule has 2 heterocycles. The molecule has 1 aliphatic rings. The first-order valence-corrected chi connectivity index (χ1v) is 10.3. The number of rotatable bonds is 3. The van der Waals surface area contributed by atoms with Crippen molar-refractivity contribution in [2.24, 2.45) is 0 Å². The molecule has 8 nitrogen and oxygen atoms in total. The van der Waals surface area contributed by atoms with Gasteiger partial charge in [-0.05, 0) is 30.5 Å². The predicted octanol–water partition coefficient (Wildman–Crippen LogP) is 5.16. The van der Waals surface area contributed by atoms with Crippen LogP contribution in [0.25, 0.3) is 27.3 Å². The Bertz CT molecular complexity index is 1400. The van der Waals surface area contributed by atoms with Crippen LogP contribution in [0, 0.1) is 10.1 Å². The van der Waals surface area contributed by atoms with E-state index >= 15 is 0 Å². The molecule has 150 valence electrons. The normalized spacial score (nSPS) is 12.6. The van der Waals surface area contributed by atoms with Crippen molar-refractivity contribution in [2.75, 3.05) is 0 Å². The van der Waals surface area contributed by atoms with Crippen molar-refractivity contribution in [3.05, 3.63) is 66.6 Å². The average Bonchev–Trinajstić information content (AvgIpc) is 3.31. The van der Waals surface area contributed by atoms with E-state index in [1.165, 1.54) is 34.2 Å². The minimum atomic E-state index is -1.27. The first-order valence-electron chi connectivity index (χ1n) is 8.73. The number of carbonyl (C=O) groups is 1. The second-order valence-corrected chi connectivity index (χ2v) is 8.53. The lowest BCUT2D eigenvalue weighted by molar-refractivity contribution is -0.384. The van der Waals surface area contributed by atoms with Crippen molar-refractivity contribution < 1.29 is 14.8 Å². The lowest BCUT2D eigenvalue weighted by Crippen LogP contribution is -2.03. The van der Waals surface area contributed by atoms with E-state index in [1.807, 2.05) is 6.07 Å². The SMILES string of the molecule is O=C(O)c1nn(-c2nc3c(s2)CCc2c-3ccc(Cl)c2Cl)c2ccc([N+](=O)[O-])cc12. The molecule has 0 saturated carbocycles. The summed E-state index contributed by atoms with van der Waals surface area (Å²) in [7, 11) is 0. The van der Waals surface area contributed by atoms with E-state index in [1.54, 1.807) is 6.07 Å². The van der Waals surface area contributed by atoms with Gasteiger partial charge in [0.1, 0.15) is 0 Å². The van der Waals surface area contributed by atoms with Gasteiger partial charge in [0.15, 0.2) is 5.69 Å². The Morgan fingerprint density at radius 3 is 2.77 bits per heavy atom. The molecule has 1 N–H and O–H groups in total. The quantitative estimate of drug-likeness (QED) is 0.333. The molecule has 0 saturated heterocycles. The Labute approximate surface area is 182 Å². The summed E-state index contributed by atoms with van der Waals surface area (Å²) in [6.45, 7) is 0. The van der Waals surface area contributed by atoms with Crippen molar-refractivity contribution in [1.29, 1.82) is 0 Å². The van der Waals surface area contributed by atoms with Gasteiger partial charge in [0.2, 0.25) is 5.13 Å². The van der Waals surface area contributed by atoms with Gasteiger partial charge in [0.05, 0.1) is 26.2 Å². The molecule has 2 aromatic heterocycles. The lowest BCUT2D eigenvalue weighted by atomic mass is 9.93. The second kappa shape index (κ2) is 6.76. The van der Waals surface area contributed by atoms with Gasteiger partial charge in [-0.2, -0.15) is 5.10 Å². The van der Waals surface area contributed by atoms with Gasteiger partial charge in [-0.3, -0.25) is 10.1 Å². The van der Waals surface area contributed by atoms with Crippen LogP contribution < -0.4 is 0 Å². The third-order valence-corrected chi connectivity index (χ3v) is 6.93. The van der Waals surface area contributed by atoms with Crippen molar-refractivity contribution in [3.63, 3.8) is 0 Å². The maximum absolute atomic E-state index is 11.7. The smallest absolute Gasteiger partial charge is 0.357 e. The van der Waals surface area contributed by atoms with Gasteiger partial charge < -0.3 is 5.11 Å². The van der Waals surface area contributed by atoms with Crippen LogP contribution in [-0.2, 0) is 12.8 Å². The number of fused-ring (bicyclic) bond motifs is 4. The number of aromatic carboxylic acids is 1. The summed E-state index contributed by atoms with van der Waals surface area (Å²) < 4.78 is 1.42. The minimum Gasteiger partial charge on any atom is -0.476 e. The summed E-state index contributed by atoms with van der Waals surface area (Å²) in [6.07, 6.45) is 1.44. The minimum absolute atomic E-state index is 0.181. The van der Waals surface area contributed by atoms with Crippen molar-refractivity contribution in [2.45, 2.75) is 12.8 Å². The second-order valence-electron chi connectivity index (χ2n) is 6.68. The first kappa shape index (κ1) is 19.0. The van der Waals surface area contributed by atoms with E-state index in [-0.39, 0.29) is 16.8 Å². The van der Waals surface area contributed by atoms with Gasteiger partial charge in [0.25, 0.3) is 5.69 Å². The number of aromatic nitrogens is 3. The molecule has 11 heteroatoms. The summed E-state index contributed by atoms with van der Waals surface area (Å²) in [4.78, 5) is 27.9. The fourth-order valence-corrected chi connectivity index (χ4v) is 5.11. The largest absolute Gasteiger partial charge is 0.476 e. The van der Waals surface area contributed by atoms with E-state index in [0.717, 1.165) is 34.5 Å². The Balaban J connectivity index is 1.71. The molecule has 1 aliphatic carbocycles. The zero-order chi connectivity index (χ0) is 21.2. The molecule has 5 rings (SSSR count). The molecular formula is C19H10Cl2N4O4S.